The Kier molecular flexibility index (Phi) is 13.5. The molecule has 0 heterocycles. The fraction of sp³-hybridized carbons (Fsp3) is 0.486. The van der Waals surface area contributed by atoms with E-state index in [2.05, 4.69) is 10.6 Å². The summed E-state index contributed by atoms with van der Waals surface area (Å²) in [7, 11) is 0. The lowest BCUT2D eigenvalue weighted by Crippen LogP contribution is -2.55. The van der Waals surface area contributed by atoms with E-state index in [1.54, 1.807) is 85.7 Å². The van der Waals surface area contributed by atoms with Crippen molar-refractivity contribution in [3.05, 3.63) is 70.8 Å². The molecule has 254 valence electrons. The lowest BCUT2D eigenvalue weighted by Gasteiger charge is -2.35. The summed E-state index contributed by atoms with van der Waals surface area (Å²) in [5.74, 6) is -2.97. The van der Waals surface area contributed by atoms with E-state index in [1.165, 1.54) is 0 Å². The summed E-state index contributed by atoms with van der Waals surface area (Å²) >= 11 is 0. The second-order valence-electron chi connectivity index (χ2n) is 13.3. The summed E-state index contributed by atoms with van der Waals surface area (Å²) in [4.78, 5) is 67.7. The molecule has 0 aliphatic heterocycles. The Hall–Kier alpha value is -4.92. The van der Waals surface area contributed by atoms with E-state index in [0.29, 0.717) is 16.7 Å². The van der Waals surface area contributed by atoms with Crippen LogP contribution in [0, 0.1) is 25.2 Å². The number of nitriles is 1. The van der Waals surface area contributed by atoms with E-state index in [4.69, 9.17) is 15.2 Å². The zero-order chi connectivity index (χ0) is 35.5. The number of benzene rings is 2. The number of aryl methyl sites for hydroxylation is 2. The number of alkyl carbamates (subject to hydrolysis) is 1. The highest BCUT2D eigenvalue weighted by atomic mass is 16.6. The zero-order valence-corrected chi connectivity index (χ0v) is 28.5. The van der Waals surface area contributed by atoms with Gasteiger partial charge in [0.15, 0.2) is 0 Å². The van der Waals surface area contributed by atoms with Gasteiger partial charge in [-0.1, -0.05) is 48.5 Å². The smallest absolute Gasteiger partial charge is 0.408 e. The molecule has 0 saturated carbocycles. The summed E-state index contributed by atoms with van der Waals surface area (Å²) in [6.07, 6.45) is -1.33. The lowest BCUT2D eigenvalue weighted by atomic mass is 9.93. The highest BCUT2D eigenvalue weighted by Crippen LogP contribution is 2.29. The summed E-state index contributed by atoms with van der Waals surface area (Å²) in [5, 5.41) is 15.2. The molecule has 12 nitrogen and oxygen atoms in total. The highest BCUT2D eigenvalue weighted by molar-refractivity contribution is 5.94. The minimum absolute atomic E-state index is 0.0919. The summed E-state index contributed by atoms with van der Waals surface area (Å²) in [6.45, 7) is 13.0. The van der Waals surface area contributed by atoms with Crippen LogP contribution in [-0.4, -0.2) is 64.5 Å². The molecule has 4 N–H and O–H groups in total. The molecule has 2 rings (SSSR count). The Morgan fingerprint density at radius 3 is 1.94 bits per heavy atom. The highest BCUT2D eigenvalue weighted by Gasteiger charge is 2.39. The van der Waals surface area contributed by atoms with Crippen LogP contribution in [0.5, 0.6) is 0 Å². The first kappa shape index (κ1) is 38.3. The Balaban J connectivity index is 2.66. The van der Waals surface area contributed by atoms with Gasteiger partial charge in [0.2, 0.25) is 17.7 Å². The zero-order valence-electron chi connectivity index (χ0n) is 28.5. The van der Waals surface area contributed by atoms with Gasteiger partial charge in [0, 0.05) is 12.8 Å². The lowest BCUT2D eigenvalue weighted by molar-refractivity contribution is -0.159. The Morgan fingerprint density at radius 1 is 0.851 bits per heavy atom. The van der Waals surface area contributed by atoms with Gasteiger partial charge in [0.25, 0.3) is 0 Å². The number of primary amides is 1. The fourth-order valence-corrected chi connectivity index (χ4v) is 4.92. The maximum absolute atomic E-state index is 14.4. The molecule has 4 amide bonds. The topological polar surface area (TPSA) is 181 Å². The fourth-order valence-electron chi connectivity index (χ4n) is 4.92. The van der Waals surface area contributed by atoms with Gasteiger partial charge in [0.1, 0.15) is 35.9 Å². The summed E-state index contributed by atoms with van der Waals surface area (Å²) < 4.78 is 11.0. The van der Waals surface area contributed by atoms with Crippen molar-refractivity contribution in [1.29, 1.82) is 5.26 Å². The molecule has 0 aliphatic carbocycles. The molecule has 0 saturated heterocycles. The predicted octanol–water partition coefficient (Wildman–Crippen LogP) is 3.92. The molecule has 0 radical (unpaired) electrons. The third-order valence-electron chi connectivity index (χ3n) is 6.86. The second kappa shape index (κ2) is 16.6. The van der Waals surface area contributed by atoms with E-state index in [1.807, 2.05) is 24.3 Å². The number of carbonyl (C=O) groups is 5. The third-order valence-corrected chi connectivity index (χ3v) is 6.86. The average Bonchev–Trinajstić information content (AvgIpc) is 2.94. The monoisotopic (exact) mass is 649 g/mol. The minimum Gasteiger partial charge on any atom is -0.458 e. The maximum atomic E-state index is 14.4. The first-order valence-electron chi connectivity index (χ1n) is 15.4. The largest absolute Gasteiger partial charge is 0.458 e. The van der Waals surface area contributed by atoms with Gasteiger partial charge in [-0.15, -0.1) is 0 Å². The third kappa shape index (κ3) is 12.4. The van der Waals surface area contributed by atoms with Crippen molar-refractivity contribution in [3.8, 4) is 6.07 Å². The van der Waals surface area contributed by atoms with E-state index >= 15 is 0 Å². The molecule has 2 aromatic rings. The van der Waals surface area contributed by atoms with Crippen LogP contribution in [0.15, 0.2) is 48.5 Å². The Labute approximate surface area is 277 Å². The number of nitrogens with zero attached hydrogens (tertiary/aromatic N) is 2. The number of carbonyl (C=O) groups excluding carboxylic acids is 5. The number of esters is 1. The van der Waals surface area contributed by atoms with Crippen molar-refractivity contribution in [3.63, 3.8) is 0 Å². The average molecular weight is 650 g/mol. The summed E-state index contributed by atoms with van der Waals surface area (Å²) in [5.41, 5.74) is 6.09. The van der Waals surface area contributed by atoms with Crippen LogP contribution in [0.4, 0.5) is 4.79 Å². The molecule has 3 atom stereocenters. The van der Waals surface area contributed by atoms with Crippen LogP contribution < -0.4 is 16.4 Å². The normalized spacial score (nSPS) is 13.3. The first-order valence-corrected chi connectivity index (χ1v) is 15.4. The van der Waals surface area contributed by atoms with Gasteiger partial charge >= 0.3 is 12.1 Å². The molecule has 0 bridgehead atoms. The van der Waals surface area contributed by atoms with Gasteiger partial charge < -0.3 is 30.7 Å². The van der Waals surface area contributed by atoms with Crippen LogP contribution in [0.25, 0.3) is 0 Å². The van der Waals surface area contributed by atoms with E-state index in [0.717, 1.165) is 10.5 Å². The second-order valence-corrected chi connectivity index (χ2v) is 13.3. The van der Waals surface area contributed by atoms with Gasteiger partial charge in [-0.25, -0.2) is 9.59 Å². The molecule has 0 aliphatic rings. The molecular weight excluding hydrogens is 602 g/mol. The van der Waals surface area contributed by atoms with Crippen molar-refractivity contribution >= 4 is 29.8 Å². The van der Waals surface area contributed by atoms with Gasteiger partial charge in [0.05, 0.1) is 6.07 Å². The molecule has 0 spiro atoms. The number of nitrogens with one attached hydrogen (secondary N) is 2. The van der Waals surface area contributed by atoms with Crippen molar-refractivity contribution in [2.24, 2.45) is 5.73 Å². The van der Waals surface area contributed by atoms with E-state index in [9.17, 15) is 29.2 Å². The molecule has 47 heavy (non-hydrogen) atoms. The van der Waals surface area contributed by atoms with Gasteiger partial charge in [-0.05, 0) is 84.1 Å². The van der Waals surface area contributed by atoms with Crippen LogP contribution in [0.1, 0.15) is 82.7 Å². The minimum atomic E-state index is -1.42. The first-order chi connectivity index (χ1) is 21.8. The van der Waals surface area contributed by atoms with E-state index in [-0.39, 0.29) is 19.3 Å². The SMILES string of the molecule is Cc1cccc(C)c1C(C(=O)NC(Cc1ccccc1)C(=O)OC(C)(C)C)N(CC#N)C(=O)C(CCC(N)=O)NC(=O)OC(C)(C)C. The van der Waals surface area contributed by atoms with Crippen LogP contribution in [0.2, 0.25) is 0 Å². The number of amides is 4. The molecule has 0 aromatic heterocycles. The van der Waals surface area contributed by atoms with Crippen LogP contribution in [0.3, 0.4) is 0 Å². The predicted molar refractivity (Wildman–Crippen MR) is 175 cm³/mol. The number of ether oxygens (including phenoxy) is 2. The van der Waals surface area contributed by atoms with Crippen molar-refractivity contribution < 1.29 is 33.4 Å². The maximum Gasteiger partial charge on any atom is 0.408 e. The Bertz CT molecular complexity index is 1450. The van der Waals surface area contributed by atoms with Gasteiger partial charge in [-0.2, -0.15) is 5.26 Å². The summed E-state index contributed by atoms with van der Waals surface area (Å²) in [6, 6.07) is 12.4. The van der Waals surface area contributed by atoms with E-state index < -0.39 is 65.7 Å². The number of rotatable bonds is 13. The number of hydrogen-bond donors (Lipinski definition) is 3. The van der Waals surface area contributed by atoms with Crippen LogP contribution >= 0.6 is 0 Å². The number of hydrogen-bond acceptors (Lipinski definition) is 8. The van der Waals surface area contributed by atoms with Crippen LogP contribution in [-0.2, 0) is 35.1 Å². The van der Waals surface area contributed by atoms with Gasteiger partial charge in [-0.3, -0.25) is 14.4 Å². The molecular formula is C35H47N5O7. The standard InChI is InChI=1S/C35H47N5O7/c1-22-13-12-14-23(2)28(22)29(30(42)38-26(32(44)46-34(3,4)5)21-24-15-10-9-11-16-24)40(20-19-36)31(43)25(17-18-27(37)41)39-33(45)47-35(6,7)8/h9-16,25-26,29H,17-18,20-21H2,1-8H3,(H2,37,41)(H,38,42)(H,39,45). The van der Waals surface area contributed by atoms with Crippen molar-refractivity contribution in [2.75, 3.05) is 6.54 Å². The molecule has 2 aromatic carbocycles. The van der Waals surface area contributed by atoms with Crippen molar-refractivity contribution in [2.45, 2.75) is 104 Å². The molecule has 0 fully saturated rings. The molecule has 12 heteroatoms. The number of nitrogens with two attached hydrogens (primary N) is 1. The molecule has 3 unspecified atom stereocenters. The quantitative estimate of drug-likeness (QED) is 0.216. The Morgan fingerprint density at radius 2 is 1.43 bits per heavy atom. The van der Waals surface area contributed by atoms with Crippen molar-refractivity contribution in [1.82, 2.24) is 15.5 Å².